The summed E-state index contributed by atoms with van der Waals surface area (Å²) in [5, 5.41) is 13.7. The molecular weight excluding hydrogens is 248 g/mol. The highest BCUT2D eigenvalue weighted by atomic mass is 16.6. The zero-order valence-corrected chi connectivity index (χ0v) is 11.1. The van der Waals surface area contributed by atoms with Crippen LogP contribution in [0.2, 0.25) is 0 Å². The van der Waals surface area contributed by atoms with Crippen LogP contribution in [0, 0.1) is 10.1 Å². The van der Waals surface area contributed by atoms with Crippen molar-refractivity contribution in [2.24, 2.45) is 0 Å². The highest BCUT2D eigenvalue weighted by molar-refractivity contribution is 5.55. The van der Waals surface area contributed by atoms with Crippen molar-refractivity contribution in [2.45, 2.75) is 18.9 Å². The number of hydrogen-bond acceptors (Lipinski definition) is 6. The van der Waals surface area contributed by atoms with Gasteiger partial charge in [0.15, 0.2) is 0 Å². The van der Waals surface area contributed by atoms with Crippen molar-refractivity contribution in [2.75, 3.05) is 37.5 Å². The number of anilines is 2. The Labute approximate surface area is 111 Å². The number of nitrogens with zero attached hydrogens (tertiary/aromatic N) is 3. The zero-order chi connectivity index (χ0) is 13.8. The minimum Gasteiger partial charge on any atom is -0.376 e. The Balaban J connectivity index is 2.17. The summed E-state index contributed by atoms with van der Waals surface area (Å²) in [7, 11) is 3.56. The van der Waals surface area contributed by atoms with Crippen molar-refractivity contribution < 1.29 is 9.66 Å². The Morgan fingerprint density at radius 3 is 3.00 bits per heavy atom. The minimum atomic E-state index is -0.411. The van der Waals surface area contributed by atoms with E-state index in [4.69, 9.17) is 4.74 Å². The Bertz CT molecular complexity index is 460. The molecule has 0 aliphatic carbocycles. The van der Waals surface area contributed by atoms with Gasteiger partial charge in [0.2, 0.25) is 0 Å². The maximum Gasteiger partial charge on any atom is 0.276 e. The highest BCUT2D eigenvalue weighted by Gasteiger charge is 2.20. The fraction of sp³-hybridized carbons (Fsp3) is 0.583. The summed E-state index contributed by atoms with van der Waals surface area (Å²) in [5.41, 5.74) is 0.0357. The van der Waals surface area contributed by atoms with Crippen molar-refractivity contribution in [1.29, 1.82) is 0 Å². The predicted molar refractivity (Wildman–Crippen MR) is 72.7 cm³/mol. The number of ether oxygens (including phenoxy) is 1. The second-order valence-electron chi connectivity index (χ2n) is 4.59. The molecule has 7 nitrogen and oxygen atoms in total. The van der Waals surface area contributed by atoms with Gasteiger partial charge in [0.05, 0.1) is 23.2 Å². The van der Waals surface area contributed by atoms with Gasteiger partial charge in [-0.2, -0.15) is 0 Å². The molecule has 1 fully saturated rings. The third-order valence-electron chi connectivity index (χ3n) is 3.16. The minimum absolute atomic E-state index is 0.0357. The van der Waals surface area contributed by atoms with Crippen LogP contribution in [0.25, 0.3) is 0 Å². The molecular formula is C12H18N4O3. The number of likely N-dealkylation sites (N-methyl/N-ethyl adjacent to an activating group) is 1. The van der Waals surface area contributed by atoms with Crippen LogP contribution in [0.4, 0.5) is 17.3 Å². The van der Waals surface area contributed by atoms with Gasteiger partial charge in [-0.05, 0) is 12.8 Å². The van der Waals surface area contributed by atoms with E-state index in [1.54, 1.807) is 7.05 Å². The molecule has 1 saturated heterocycles. The summed E-state index contributed by atoms with van der Waals surface area (Å²) < 4.78 is 5.56. The van der Waals surface area contributed by atoms with Crippen molar-refractivity contribution in [3.63, 3.8) is 0 Å². The lowest BCUT2D eigenvalue weighted by molar-refractivity contribution is -0.384. The average molecular weight is 266 g/mol. The standard InChI is InChI=1S/C12H18N4O3/c1-13-11-6-9(16(17)18)7-12(14-11)15(2)8-10-4-3-5-19-10/h6-7,10H,3-5,8H2,1-2H3,(H,13,14). The molecule has 1 aromatic rings. The molecule has 19 heavy (non-hydrogen) atoms. The molecule has 104 valence electrons. The zero-order valence-electron chi connectivity index (χ0n) is 11.1. The molecule has 0 radical (unpaired) electrons. The van der Waals surface area contributed by atoms with Crippen LogP contribution in [-0.2, 0) is 4.74 Å². The van der Waals surface area contributed by atoms with Crippen molar-refractivity contribution in [3.8, 4) is 0 Å². The Hall–Kier alpha value is -1.89. The van der Waals surface area contributed by atoms with Gasteiger partial charge < -0.3 is 15.0 Å². The van der Waals surface area contributed by atoms with E-state index in [9.17, 15) is 10.1 Å². The van der Waals surface area contributed by atoms with Gasteiger partial charge >= 0.3 is 0 Å². The molecule has 7 heteroatoms. The van der Waals surface area contributed by atoms with Gasteiger partial charge in [0.25, 0.3) is 5.69 Å². The van der Waals surface area contributed by atoms with E-state index < -0.39 is 4.92 Å². The molecule has 1 aliphatic heterocycles. The quantitative estimate of drug-likeness (QED) is 0.644. The maximum atomic E-state index is 10.9. The van der Waals surface area contributed by atoms with E-state index in [-0.39, 0.29) is 11.8 Å². The number of pyridine rings is 1. The van der Waals surface area contributed by atoms with Crippen LogP contribution >= 0.6 is 0 Å². The van der Waals surface area contributed by atoms with Gasteiger partial charge in [0, 0.05) is 27.2 Å². The fourth-order valence-corrected chi connectivity index (χ4v) is 2.12. The first-order valence-corrected chi connectivity index (χ1v) is 6.27. The molecule has 0 bridgehead atoms. The third kappa shape index (κ3) is 3.31. The number of nitro groups is 1. The van der Waals surface area contributed by atoms with Gasteiger partial charge in [-0.25, -0.2) is 4.98 Å². The molecule has 0 saturated carbocycles. The van der Waals surface area contributed by atoms with Crippen LogP contribution in [-0.4, -0.2) is 43.3 Å². The first-order valence-electron chi connectivity index (χ1n) is 6.27. The lowest BCUT2D eigenvalue weighted by atomic mass is 10.2. The molecule has 1 N–H and O–H groups in total. The Morgan fingerprint density at radius 1 is 1.63 bits per heavy atom. The van der Waals surface area contributed by atoms with E-state index in [0.717, 1.165) is 19.4 Å². The lowest BCUT2D eigenvalue weighted by Crippen LogP contribution is -2.29. The number of aromatic nitrogens is 1. The highest BCUT2D eigenvalue weighted by Crippen LogP contribution is 2.23. The van der Waals surface area contributed by atoms with Crippen molar-refractivity contribution in [3.05, 3.63) is 22.2 Å². The predicted octanol–water partition coefficient (Wildman–Crippen LogP) is 1.65. The number of nitrogens with one attached hydrogen (secondary N) is 1. The van der Waals surface area contributed by atoms with Crippen molar-refractivity contribution >= 4 is 17.3 Å². The summed E-state index contributed by atoms with van der Waals surface area (Å²) in [6, 6.07) is 2.90. The molecule has 2 heterocycles. The van der Waals surface area contributed by atoms with Gasteiger partial charge in [-0.1, -0.05) is 0 Å². The number of rotatable bonds is 5. The molecule has 1 atom stereocenters. The van der Waals surface area contributed by atoms with Crippen LogP contribution in [0.15, 0.2) is 12.1 Å². The van der Waals surface area contributed by atoms with Crippen LogP contribution in [0.5, 0.6) is 0 Å². The summed E-state index contributed by atoms with van der Waals surface area (Å²) in [5.74, 6) is 1.07. The normalized spacial score (nSPS) is 18.3. The largest absolute Gasteiger partial charge is 0.376 e. The molecule has 1 aromatic heterocycles. The second kappa shape index (κ2) is 5.83. The van der Waals surface area contributed by atoms with Gasteiger partial charge in [0.1, 0.15) is 11.6 Å². The summed E-state index contributed by atoms with van der Waals surface area (Å²) in [6.45, 7) is 1.49. The second-order valence-corrected chi connectivity index (χ2v) is 4.59. The summed E-state index contributed by atoms with van der Waals surface area (Å²) in [6.07, 6.45) is 2.28. The topological polar surface area (TPSA) is 80.5 Å². The maximum absolute atomic E-state index is 10.9. The SMILES string of the molecule is CNc1cc([N+](=O)[O-])cc(N(C)CC2CCCO2)n1. The third-order valence-corrected chi connectivity index (χ3v) is 3.16. The average Bonchev–Trinajstić information content (AvgIpc) is 2.90. The molecule has 0 amide bonds. The fourth-order valence-electron chi connectivity index (χ4n) is 2.12. The van der Waals surface area contributed by atoms with E-state index in [1.807, 2.05) is 11.9 Å². The van der Waals surface area contributed by atoms with Crippen LogP contribution in [0.1, 0.15) is 12.8 Å². The smallest absolute Gasteiger partial charge is 0.276 e. The van der Waals surface area contributed by atoms with Gasteiger partial charge in [-0.3, -0.25) is 10.1 Å². The Morgan fingerprint density at radius 2 is 2.42 bits per heavy atom. The van der Waals surface area contributed by atoms with E-state index in [2.05, 4.69) is 10.3 Å². The van der Waals surface area contributed by atoms with Crippen molar-refractivity contribution in [1.82, 2.24) is 4.98 Å². The first kappa shape index (κ1) is 13.5. The molecule has 0 spiro atoms. The first-order chi connectivity index (χ1) is 9.10. The molecule has 0 aromatic carbocycles. The lowest BCUT2D eigenvalue weighted by Gasteiger charge is -2.22. The van der Waals surface area contributed by atoms with Gasteiger partial charge in [-0.15, -0.1) is 0 Å². The summed E-state index contributed by atoms with van der Waals surface area (Å²) in [4.78, 5) is 16.7. The Kier molecular flexibility index (Phi) is 4.16. The van der Waals surface area contributed by atoms with E-state index >= 15 is 0 Å². The molecule has 1 unspecified atom stereocenters. The van der Waals surface area contributed by atoms with E-state index in [0.29, 0.717) is 18.2 Å². The summed E-state index contributed by atoms with van der Waals surface area (Å²) >= 11 is 0. The van der Waals surface area contributed by atoms with Crippen LogP contribution in [0.3, 0.4) is 0 Å². The van der Waals surface area contributed by atoms with E-state index in [1.165, 1.54) is 12.1 Å². The van der Waals surface area contributed by atoms with Crippen LogP contribution < -0.4 is 10.2 Å². The molecule has 1 aliphatic rings. The monoisotopic (exact) mass is 266 g/mol. The molecule has 2 rings (SSSR count). The number of hydrogen-bond donors (Lipinski definition) is 1.